The highest BCUT2D eigenvalue weighted by atomic mass is 16.5. The first kappa shape index (κ1) is 19.8. The number of carbonyl (C=O) groups excluding carboxylic acids is 2. The largest absolute Gasteiger partial charge is 0.465 e. The summed E-state index contributed by atoms with van der Waals surface area (Å²) >= 11 is 0. The zero-order chi connectivity index (χ0) is 19.8. The Bertz CT molecular complexity index is 804. The van der Waals surface area contributed by atoms with Crippen molar-refractivity contribution in [1.82, 2.24) is 15.2 Å². The van der Waals surface area contributed by atoms with Gasteiger partial charge in [-0.1, -0.05) is 0 Å². The molecular formula is C20H24N4O4. The number of anilines is 2. The van der Waals surface area contributed by atoms with Crippen LogP contribution in [-0.2, 0) is 9.47 Å². The molecule has 2 N–H and O–H groups in total. The number of nitrogens with zero attached hydrogens (tertiary/aromatic N) is 2. The lowest BCUT2D eigenvalue weighted by Gasteiger charge is -2.26. The molecule has 1 aromatic heterocycles. The van der Waals surface area contributed by atoms with Crippen LogP contribution in [-0.4, -0.2) is 68.3 Å². The third-order valence-electron chi connectivity index (χ3n) is 4.42. The molecule has 0 spiro atoms. The zero-order valence-corrected chi connectivity index (χ0v) is 15.8. The van der Waals surface area contributed by atoms with E-state index >= 15 is 0 Å². The minimum absolute atomic E-state index is 0.139. The van der Waals surface area contributed by atoms with Crippen LogP contribution in [0.5, 0.6) is 0 Å². The number of carbonyl (C=O) groups is 2. The van der Waals surface area contributed by atoms with E-state index in [1.54, 1.807) is 42.6 Å². The van der Waals surface area contributed by atoms with Gasteiger partial charge in [0.25, 0.3) is 5.91 Å². The Hall–Kier alpha value is -2.97. The molecule has 8 heteroatoms. The minimum Gasteiger partial charge on any atom is -0.465 e. The number of aromatic nitrogens is 1. The fourth-order valence-corrected chi connectivity index (χ4v) is 2.85. The molecule has 2 aromatic rings. The van der Waals surface area contributed by atoms with Gasteiger partial charge in [0.05, 0.1) is 25.9 Å². The third-order valence-corrected chi connectivity index (χ3v) is 4.42. The van der Waals surface area contributed by atoms with Crippen LogP contribution in [0.4, 0.5) is 11.5 Å². The van der Waals surface area contributed by atoms with Gasteiger partial charge in [0.15, 0.2) is 0 Å². The summed E-state index contributed by atoms with van der Waals surface area (Å²) in [5.74, 6) is 0.0202. The predicted molar refractivity (Wildman–Crippen MR) is 105 cm³/mol. The topological polar surface area (TPSA) is 92.8 Å². The van der Waals surface area contributed by atoms with E-state index in [2.05, 4.69) is 25.3 Å². The van der Waals surface area contributed by atoms with E-state index in [1.165, 1.54) is 7.11 Å². The van der Waals surface area contributed by atoms with Crippen LogP contribution in [0.2, 0.25) is 0 Å². The second-order valence-electron chi connectivity index (χ2n) is 6.33. The molecule has 148 valence electrons. The molecule has 28 heavy (non-hydrogen) atoms. The van der Waals surface area contributed by atoms with Crippen molar-refractivity contribution in [2.75, 3.05) is 51.8 Å². The number of morpholine rings is 1. The second-order valence-corrected chi connectivity index (χ2v) is 6.33. The van der Waals surface area contributed by atoms with Crippen molar-refractivity contribution in [2.24, 2.45) is 0 Å². The summed E-state index contributed by atoms with van der Waals surface area (Å²) in [5, 5.41) is 6.06. The highest BCUT2D eigenvalue weighted by Gasteiger charge is 2.11. The number of rotatable bonds is 7. The molecule has 0 radical (unpaired) electrons. The van der Waals surface area contributed by atoms with Crippen molar-refractivity contribution >= 4 is 23.4 Å². The van der Waals surface area contributed by atoms with E-state index in [1.807, 2.05) is 0 Å². The van der Waals surface area contributed by atoms with Gasteiger partial charge >= 0.3 is 5.97 Å². The molecule has 1 aliphatic heterocycles. The molecule has 3 rings (SSSR count). The number of ether oxygens (including phenoxy) is 2. The molecule has 0 unspecified atom stereocenters. The third kappa shape index (κ3) is 5.51. The van der Waals surface area contributed by atoms with Gasteiger partial charge < -0.3 is 20.1 Å². The summed E-state index contributed by atoms with van der Waals surface area (Å²) < 4.78 is 10.00. The molecule has 1 fully saturated rings. The number of esters is 1. The number of pyridine rings is 1. The smallest absolute Gasteiger partial charge is 0.337 e. The molecule has 1 aromatic carbocycles. The van der Waals surface area contributed by atoms with Gasteiger partial charge in [-0.25, -0.2) is 9.78 Å². The summed E-state index contributed by atoms with van der Waals surface area (Å²) in [7, 11) is 1.34. The predicted octanol–water partition coefficient (Wildman–Crippen LogP) is 1.67. The number of hydrogen-bond donors (Lipinski definition) is 2. The highest BCUT2D eigenvalue weighted by Crippen LogP contribution is 2.16. The lowest BCUT2D eigenvalue weighted by atomic mass is 10.2. The van der Waals surface area contributed by atoms with Crippen LogP contribution < -0.4 is 10.6 Å². The van der Waals surface area contributed by atoms with E-state index in [-0.39, 0.29) is 11.9 Å². The Morgan fingerprint density at radius 2 is 1.89 bits per heavy atom. The molecule has 1 aliphatic rings. The van der Waals surface area contributed by atoms with E-state index in [4.69, 9.17) is 4.74 Å². The van der Waals surface area contributed by atoms with Gasteiger partial charge in [-0.3, -0.25) is 9.69 Å². The average Bonchev–Trinajstić information content (AvgIpc) is 2.74. The van der Waals surface area contributed by atoms with Crippen molar-refractivity contribution in [2.45, 2.75) is 0 Å². The van der Waals surface area contributed by atoms with E-state index < -0.39 is 0 Å². The van der Waals surface area contributed by atoms with Gasteiger partial charge in [-0.2, -0.15) is 0 Å². The Balaban J connectivity index is 1.54. The summed E-state index contributed by atoms with van der Waals surface area (Å²) in [5.41, 5.74) is 1.75. The molecule has 0 saturated carbocycles. The van der Waals surface area contributed by atoms with Crippen LogP contribution in [0, 0.1) is 0 Å². The molecule has 1 saturated heterocycles. The number of benzene rings is 1. The molecule has 8 nitrogen and oxygen atoms in total. The lowest BCUT2D eigenvalue weighted by molar-refractivity contribution is 0.0383. The quantitative estimate of drug-likeness (QED) is 0.702. The van der Waals surface area contributed by atoms with Gasteiger partial charge in [-0.05, 0) is 36.4 Å². The molecule has 2 heterocycles. The van der Waals surface area contributed by atoms with Crippen molar-refractivity contribution < 1.29 is 19.1 Å². The molecule has 0 bridgehead atoms. The first-order valence-corrected chi connectivity index (χ1v) is 9.15. The zero-order valence-electron chi connectivity index (χ0n) is 15.8. The second kappa shape index (κ2) is 9.82. The van der Waals surface area contributed by atoms with Crippen LogP contribution in [0.1, 0.15) is 20.7 Å². The normalized spacial score (nSPS) is 14.3. The van der Waals surface area contributed by atoms with Crippen LogP contribution >= 0.6 is 0 Å². The van der Waals surface area contributed by atoms with Gasteiger partial charge in [0.1, 0.15) is 5.82 Å². The number of amides is 1. The number of methoxy groups -OCH3 is 1. The maximum absolute atomic E-state index is 12.4. The van der Waals surface area contributed by atoms with E-state index in [9.17, 15) is 9.59 Å². The standard InChI is InChI=1S/C20H24N4O4/c1-27-20(26)15-2-4-17(5-3-15)23-18-14-16(6-7-21-18)19(25)22-8-9-24-10-12-28-13-11-24/h2-7,14H,8-13H2,1H3,(H,21,23)(H,22,25). The molecule has 0 aliphatic carbocycles. The fourth-order valence-electron chi connectivity index (χ4n) is 2.85. The Morgan fingerprint density at radius 1 is 1.14 bits per heavy atom. The Kier molecular flexibility index (Phi) is 6.94. The average molecular weight is 384 g/mol. The van der Waals surface area contributed by atoms with Crippen LogP contribution in [0.25, 0.3) is 0 Å². The van der Waals surface area contributed by atoms with Crippen molar-refractivity contribution in [3.8, 4) is 0 Å². The number of nitrogens with one attached hydrogen (secondary N) is 2. The van der Waals surface area contributed by atoms with Crippen LogP contribution in [0.3, 0.4) is 0 Å². The SMILES string of the molecule is COC(=O)c1ccc(Nc2cc(C(=O)NCCN3CCOCC3)ccn2)cc1. The first-order chi connectivity index (χ1) is 13.7. The van der Waals surface area contributed by atoms with E-state index in [0.29, 0.717) is 23.5 Å². The molecule has 1 amide bonds. The number of hydrogen-bond acceptors (Lipinski definition) is 7. The minimum atomic E-state index is -0.388. The lowest BCUT2D eigenvalue weighted by Crippen LogP contribution is -2.41. The van der Waals surface area contributed by atoms with Crippen LogP contribution in [0.15, 0.2) is 42.6 Å². The summed E-state index contributed by atoms with van der Waals surface area (Å²) in [4.78, 5) is 30.4. The Labute approximate surface area is 163 Å². The molecular weight excluding hydrogens is 360 g/mol. The van der Waals surface area contributed by atoms with Crippen molar-refractivity contribution in [1.29, 1.82) is 0 Å². The Morgan fingerprint density at radius 3 is 2.61 bits per heavy atom. The maximum atomic E-state index is 12.4. The van der Waals surface area contributed by atoms with Gasteiger partial charge in [0.2, 0.25) is 0 Å². The van der Waals surface area contributed by atoms with Gasteiger partial charge in [-0.15, -0.1) is 0 Å². The summed E-state index contributed by atoms with van der Waals surface area (Å²) in [6.45, 7) is 4.67. The molecule has 0 atom stereocenters. The van der Waals surface area contributed by atoms with Gasteiger partial charge in [0, 0.05) is 43.6 Å². The fraction of sp³-hybridized carbons (Fsp3) is 0.350. The van der Waals surface area contributed by atoms with Crippen molar-refractivity contribution in [3.63, 3.8) is 0 Å². The van der Waals surface area contributed by atoms with E-state index in [0.717, 1.165) is 38.5 Å². The highest BCUT2D eigenvalue weighted by molar-refractivity contribution is 5.95. The summed E-state index contributed by atoms with van der Waals surface area (Å²) in [6, 6.07) is 10.2. The monoisotopic (exact) mass is 384 g/mol. The van der Waals surface area contributed by atoms with Crippen molar-refractivity contribution in [3.05, 3.63) is 53.7 Å². The maximum Gasteiger partial charge on any atom is 0.337 e. The summed E-state index contributed by atoms with van der Waals surface area (Å²) in [6.07, 6.45) is 1.59. The first-order valence-electron chi connectivity index (χ1n) is 9.15.